The second-order valence-electron chi connectivity index (χ2n) is 5.76. The normalized spacial score (nSPS) is 28.1. The van der Waals surface area contributed by atoms with Crippen molar-refractivity contribution in [2.24, 2.45) is 11.7 Å². The summed E-state index contributed by atoms with van der Waals surface area (Å²) in [6.07, 6.45) is 5.92. The van der Waals surface area contributed by atoms with Crippen molar-refractivity contribution in [1.82, 2.24) is 0 Å². The standard InChI is InChI=1S/C14H20ClNOS/c1-9-8-18-13(11(9)15)12(16)10-3-6-17-14(7-10)4-2-5-14/h8,10,12H,2-7,16H2,1H3. The zero-order valence-corrected chi connectivity index (χ0v) is 12.3. The Balaban J connectivity index is 1.76. The van der Waals surface area contributed by atoms with Crippen LogP contribution in [0.15, 0.2) is 5.38 Å². The Labute approximate surface area is 117 Å². The lowest BCUT2D eigenvalue weighted by molar-refractivity contribution is -0.146. The molecule has 0 bridgehead atoms. The number of rotatable bonds is 2. The monoisotopic (exact) mass is 285 g/mol. The van der Waals surface area contributed by atoms with Crippen molar-refractivity contribution in [2.45, 2.75) is 50.7 Å². The van der Waals surface area contributed by atoms with E-state index < -0.39 is 0 Å². The molecule has 0 amide bonds. The highest BCUT2D eigenvalue weighted by molar-refractivity contribution is 7.10. The van der Waals surface area contributed by atoms with E-state index in [9.17, 15) is 0 Å². The van der Waals surface area contributed by atoms with Crippen molar-refractivity contribution < 1.29 is 4.74 Å². The van der Waals surface area contributed by atoms with Crippen molar-refractivity contribution in [3.63, 3.8) is 0 Å². The van der Waals surface area contributed by atoms with Crippen molar-refractivity contribution in [3.05, 3.63) is 20.8 Å². The van der Waals surface area contributed by atoms with Crippen molar-refractivity contribution in [3.8, 4) is 0 Å². The number of aryl methyl sites for hydroxylation is 1. The summed E-state index contributed by atoms with van der Waals surface area (Å²) in [6.45, 7) is 2.91. The zero-order valence-electron chi connectivity index (χ0n) is 10.7. The number of hydrogen-bond donors (Lipinski definition) is 1. The Hall–Kier alpha value is -0.0900. The van der Waals surface area contributed by atoms with Gasteiger partial charge in [-0.2, -0.15) is 0 Å². The van der Waals surface area contributed by atoms with Crippen molar-refractivity contribution in [2.75, 3.05) is 6.61 Å². The molecule has 18 heavy (non-hydrogen) atoms. The molecule has 2 unspecified atom stereocenters. The Morgan fingerprint density at radius 3 is 2.89 bits per heavy atom. The fourth-order valence-electron chi connectivity index (χ4n) is 3.18. The molecular formula is C14H20ClNOS. The third kappa shape index (κ3) is 2.11. The molecule has 0 aromatic carbocycles. The molecule has 2 fully saturated rings. The molecule has 4 heteroatoms. The predicted octanol–water partition coefficient (Wildman–Crippen LogP) is 4.06. The van der Waals surface area contributed by atoms with Gasteiger partial charge in [-0.05, 0) is 55.9 Å². The van der Waals surface area contributed by atoms with Gasteiger partial charge < -0.3 is 10.5 Å². The summed E-state index contributed by atoms with van der Waals surface area (Å²) >= 11 is 8.05. The zero-order chi connectivity index (χ0) is 12.8. The maximum Gasteiger partial charge on any atom is 0.0686 e. The maximum atomic E-state index is 6.45. The van der Waals surface area contributed by atoms with Crippen LogP contribution in [0.1, 0.15) is 48.6 Å². The van der Waals surface area contributed by atoms with Crippen LogP contribution in [0.2, 0.25) is 5.02 Å². The molecule has 2 aliphatic rings. The molecule has 1 aliphatic carbocycles. The second kappa shape index (κ2) is 4.78. The third-order valence-electron chi connectivity index (χ3n) is 4.53. The predicted molar refractivity (Wildman–Crippen MR) is 76.3 cm³/mol. The minimum atomic E-state index is 0.0811. The lowest BCUT2D eigenvalue weighted by atomic mass is 9.70. The summed E-state index contributed by atoms with van der Waals surface area (Å²) in [6, 6.07) is 0.0811. The molecule has 1 aliphatic heterocycles. The quantitative estimate of drug-likeness (QED) is 0.889. The minimum absolute atomic E-state index is 0.0811. The van der Waals surface area contributed by atoms with Gasteiger partial charge in [0.2, 0.25) is 0 Å². The molecule has 1 saturated heterocycles. The largest absolute Gasteiger partial charge is 0.375 e. The lowest BCUT2D eigenvalue weighted by Gasteiger charge is -2.48. The van der Waals surface area contributed by atoms with E-state index >= 15 is 0 Å². The summed E-state index contributed by atoms with van der Waals surface area (Å²) in [5.74, 6) is 0.523. The number of nitrogens with two attached hydrogens (primary N) is 1. The van der Waals surface area contributed by atoms with E-state index in [2.05, 4.69) is 5.38 Å². The molecule has 2 atom stereocenters. The van der Waals surface area contributed by atoms with Gasteiger partial charge in [-0.3, -0.25) is 0 Å². The first kappa shape index (κ1) is 12.9. The summed E-state index contributed by atoms with van der Waals surface area (Å²) in [7, 11) is 0. The molecule has 100 valence electrons. The maximum absolute atomic E-state index is 6.45. The SMILES string of the molecule is Cc1csc(C(N)C2CCOC3(CCC3)C2)c1Cl. The van der Waals surface area contributed by atoms with Crippen LogP contribution in [0.25, 0.3) is 0 Å². The van der Waals surface area contributed by atoms with Crippen LogP contribution in [0.4, 0.5) is 0 Å². The molecule has 1 aromatic heterocycles. The Morgan fingerprint density at radius 1 is 1.56 bits per heavy atom. The van der Waals surface area contributed by atoms with Gasteiger partial charge in [0.1, 0.15) is 0 Å². The second-order valence-corrected chi connectivity index (χ2v) is 7.05. The smallest absolute Gasteiger partial charge is 0.0686 e. The van der Waals surface area contributed by atoms with E-state index in [0.29, 0.717) is 5.92 Å². The van der Waals surface area contributed by atoms with Crippen LogP contribution in [0.5, 0.6) is 0 Å². The van der Waals surface area contributed by atoms with E-state index in [1.807, 2.05) is 6.92 Å². The van der Waals surface area contributed by atoms with Crippen LogP contribution < -0.4 is 5.73 Å². The summed E-state index contributed by atoms with van der Waals surface area (Å²) in [5, 5.41) is 2.98. The van der Waals surface area contributed by atoms with Gasteiger partial charge in [0.05, 0.1) is 10.6 Å². The number of hydrogen-bond acceptors (Lipinski definition) is 3. The average Bonchev–Trinajstić information content (AvgIpc) is 2.67. The van der Waals surface area contributed by atoms with E-state index in [1.54, 1.807) is 11.3 Å². The van der Waals surface area contributed by atoms with E-state index in [0.717, 1.165) is 34.9 Å². The third-order valence-corrected chi connectivity index (χ3v) is 6.35. The van der Waals surface area contributed by atoms with Crippen molar-refractivity contribution in [1.29, 1.82) is 0 Å². The fourth-order valence-corrected chi connectivity index (χ4v) is 4.59. The summed E-state index contributed by atoms with van der Waals surface area (Å²) in [5.41, 5.74) is 7.77. The minimum Gasteiger partial charge on any atom is -0.375 e. The van der Waals surface area contributed by atoms with Gasteiger partial charge in [0.15, 0.2) is 0 Å². The molecule has 2 heterocycles. The number of ether oxygens (including phenoxy) is 1. The van der Waals surface area contributed by atoms with E-state index in [-0.39, 0.29) is 11.6 Å². The molecule has 1 saturated carbocycles. The average molecular weight is 286 g/mol. The van der Waals surface area contributed by atoms with Crippen LogP contribution in [0, 0.1) is 12.8 Å². The summed E-state index contributed by atoms with van der Waals surface area (Å²) in [4.78, 5) is 1.16. The molecule has 0 radical (unpaired) electrons. The van der Waals surface area contributed by atoms with E-state index in [1.165, 1.54) is 19.3 Å². The van der Waals surface area contributed by atoms with Crippen LogP contribution in [0.3, 0.4) is 0 Å². The topological polar surface area (TPSA) is 35.2 Å². The highest BCUT2D eigenvalue weighted by Crippen LogP contribution is 2.48. The number of halogens is 1. The van der Waals surface area contributed by atoms with Crippen molar-refractivity contribution >= 4 is 22.9 Å². The van der Waals surface area contributed by atoms with Gasteiger partial charge in [0.25, 0.3) is 0 Å². The Kier molecular flexibility index (Phi) is 3.43. The fraction of sp³-hybridized carbons (Fsp3) is 0.714. The molecule has 3 rings (SSSR count). The molecule has 1 spiro atoms. The van der Waals surface area contributed by atoms with Gasteiger partial charge in [-0.15, -0.1) is 11.3 Å². The van der Waals surface area contributed by atoms with Gasteiger partial charge >= 0.3 is 0 Å². The molecule has 2 N–H and O–H groups in total. The van der Waals surface area contributed by atoms with Gasteiger partial charge in [-0.1, -0.05) is 11.6 Å². The first-order valence-electron chi connectivity index (χ1n) is 6.74. The molecule has 2 nitrogen and oxygen atoms in total. The first-order chi connectivity index (χ1) is 8.61. The highest BCUT2D eigenvalue weighted by atomic mass is 35.5. The van der Waals surface area contributed by atoms with Crippen LogP contribution >= 0.6 is 22.9 Å². The lowest BCUT2D eigenvalue weighted by Crippen LogP contribution is -2.47. The summed E-state index contributed by atoms with van der Waals surface area (Å²) < 4.78 is 5.97. The van der Waals surface area contributed by atoms with E-state index in [4.69, 9.17) is 22.1 Å². The highest BCUT2D eigenvalue weighted by Gasteiger charge is 2.44. The van der Waals surface area contributed by atoms with Crippen LogP contribution in [-0.4, -0.2) is 12.2 Å². The number of thiophene rings is 1. The molecular weight excluding hydrogens is 266 g/mol. The Bertz CT molecular complexity index is 441. The van der Waals surface area contributed by atoms with Gasteiger partial charge in [0, 0.05) is 17.5 Å². The van der Waals surface area contributed by atoms with Gasteiger partial charge in [-0.25, -0.2) is 0 Å². The molecule has 1 aromatic rings. The van der Waals surface area contributed by atoms with Crippen LogP contribution in [-0.2, 0) is 4.74 Å². The first-order valence-corrected chi connectivity index (χ1v) is 8.00. The Morgan fingerprint density at radius 2 is 2.33 bits per heavy atom.